The van der Waals surface area contributed by atoms with Crippen molar-refractivity contribution in [3.63, 3.8) is 0 Å². The van der Waals surface area contributed by atoms with Crippen LogP contribution in [0.1, 0.15) is 43.6 Å². The van der Waals surface area contributed by atoms with E-state index in [0.717, 1.165) is 28.1 Å². The molecule has 1 saturated carbocycles. The van der Waals surface area contributed by atoms with E-state index in [-0.39, 0.29) is 5.54 Å². The number of likely N-dealkylation sites (N-methyl/N-ethyl adjacent to an activating group) is 1. The van der Waals surface area contributed by atoms with Crippen LogP contribution in [0.25, 0.3) is 0 Å². The van der Waals surface area contributed by atoms with E-state index < -0.39 is 6.10 Å². The van der Waals surface area contributed by atoms with Crippen LogP contribution in [-0.4, -0.2) is 29.6 Å². The van der Waals surface area contributed by atoms with Gasteiger partial charge in [0.1, 0.15) is 6.10 Å². The molecule has 0 aromatic carbocycles. The number of hydrogen-bond acceptors (Lipinski definition) is 3. The normalized spacial score (nSPS) is 30.7. The molecule has 0 radical (unpaired) electrons. The number of aliphatic hydroxyl groups is 1. The predicted molar refractivity (Wildman–Crippen MR) is 81.0 cm³/mol. The number of hydrogen-bond donors (Lipinski definition) is 1. The Morgan fingerprint density at radius 2 is 2.06 bits per heavy atom. The van der Waals surface area contributed by atoms with Crippen LogP contribution in [0.2, 0.25) is 0 Å². The van der Waals surface area contributed by atoms with Crippen LogP contribution in [-0.2, 0) is 0 Å². The van der Waals surface area contributed by atoms with Gasteiger partial charge in [-0.1, -0.05) is 6.92 Å². The maximum absolute atomic E-state index is 10.9. The van der Waals surface area contributed by atoms with Crippen LogP contribution in [0.3, 0.4) is 0 Å². The highest BCUT2D eigenvalue weighted by atomic mass is 79.9. The average Bonchev–Trinajstić information content (AvgIpc) is 2.75. The van der Waals surface area contributed by atoms with Crippen LogP contribution >= 0.6 is 27.3 Å². The summed E-state index contributed by atoms with van der Waals surface area (Å²) in [5.74, 6) is 0.789. The van der Waals surface area contributed by atoms with E-state index in [4.69, 9.17) is 0 Å². The quantitative estimate of drug-likeness (QED) is 0.902. The van der Waals surface area contributed by atoms with E-state index in [1.54, 1.807) is 11.3 Å². The van der Waals surface area contributed by atoms with Crippen LogP contribution < -0.4 is 0 Å². The van der Waals surface area contributed by atoms with Gasteiger partial charge < -0.3 is 10.0 Å². The molecular formula is C14H22BrNOS. The van der Waals surface area contributed by atoms with Gasteiger partial charge in [0.25, 0.3) is 0 Å². The first-order valence-electron chi connectivity index (χ1n) is 6.56. The summed E-state index contributed by atoms with van der Waals surface area (Å²) >= 11 is 5.20. The number of rotatable bonds is 3. The lowest BCUT2D eigenvalue weighted by atomic mass is 9.73. The molecule has 1 fully saturated rings. The smallest absolute Gasteiger partial charge is 0.108 e. The Bertz CT molecular complexity index is 396. The molecule has 4 heteroatoms. The third-order valence-electron chi connectivity index (χ3n) is 4.43. The second-order valence-corrected chi connectivity index (χ2v) is 7.52. The molecule has 0 aliphatic heterocycles. The summed E-state index contributed by atoms with van der Waals surface area (Å²) in [4.78, 5) is 3.30. The molecule has 102 valence electrons. The van der Waals surface area contributed by atoms with Crippen molar-refractivity contribution in [2.45, 2.75) is 44.2 Å². The predicted octanol–water partition coefficient (Wildman–Crippen LogP) is 4.05. The lowest BCUT2D eigenvalue weighted by Gasteiger charge is -2.47. The van der Waals surface area contributed by atoms with Crippen molar-refractivity contribution in [2.75, 3.05) is 14.1 Å². The highest BCUT2D eigenvalue weighted by Gasteiger charge is 2.44. The van der Waals surface area contributed by atoms with Gasteiger partial charge in [0.2, 0.25) is 0 Å². The van der Waals surface area contributed by atoms with E-state index in [9.17, 15) is 5.11 Å². The molecule has 1 aromatic rings. The van der Waals surface area contributed by atoms with E-state index in [1.165, 1.54) is 12.8 Å². The molecular weight excluding hydrogens is 310 g/mol. The SMILES string of the molecule is CC1CCC(C(O)c2sccc2Br)(N(C)C)CC1. The first-order chi connectivity index (χ1) is 8.47. The molecule has 18 heavy (non-hydrogen) atoms. The fourth-order valence-electron chi connectivity index (χ4n) is 2.97. The zero-order valence-corrected chi connectivity index (χ0v) is 13.7. The second kappa shape index (κ2) is 5.61. The number of thiophene rings is 1. The van der Waals surface area contributed by atoms with E-state index in [1.807, 2.05) is 11.4 Å². The molecule has 2 rings (SSSR count). The van der Waals surface area contributed by atoms with Gasteiger partial charge in [-0.2, -0.15) is 0 Å². The first kappa shape index (κ1) is 14.5. The molecule has 1 aromatic heterocycles. The Morgan fingerprint density at radius 3 is 2.50 bits per heavy atom. The van der Waals surface area contributed by atoms with Gasteiger partial charge in [-0.15, -0.1) is 11.3 Å². The standard InChI is InChI=1S/C14H22BrNOS/c1-10-4-7-14(8-5-10,16(2)3)13(17)12-11(15)6-9-18-12/h6,9-10,13,17H,4-5,7-8H2,1-3H3. The van der Waals surface area contributed by atoms with Crippen LogP contribution in [0.15, 0.2) is 15.9 Å². The van der Waals surface area contributed by atoms with Gasteiger partial charge in [0.05, 0.1) is 5.54 Å². The van der Waals surface area contributed by atoms with Crippen LogP contribution in [0.5, 0.6) is 0 Å². The zero-order valence-electron chi connectivity index (χ0n) is 11.3. The van der Waals surface area contributed by atoms with Gasteiger partial charge in [-0.25, -0.2) is 0 Å². The number of halogens is 1. The number of nitrogens with zero attached hydrogens (tertiary/aromatic N) is 1. The van der Waals surface area contributed by atoms with Crippen molar-refractivity contribution in [3.8, 4) is 0 Å². The van der Waals surface area contributed by atoms with Crippen molar-refractivity contribution in [2.24, 2.45) is 5.92 Å². The summed E-state index contributed by atoms with van der Waals surface area (Å²) in [6.07, 6.45) is 4.17. The van der Waals surface area contributed by atoms with Crippen LogP contribution in [0.4, 0.5) is 0 Å². The maximum Gasteiger partial charge on any atom is 0.108 e. The summed E-state index contributed by atoms with van der Waals surface area (Å²) < 4.78 is 1.04. The Balaban J connectivity index is 2.28. The third-order valence-corrected chi connectivity index (χ3v) is 6.36. The van der Waals surface area contributed by atoms with Crippen LogP contribution in [0, 0.1) is 5.92 Å². The molecule has 0 spiro atoms. The summed E-state index contributed by atoms with van der Waals surface area (Å²) in [5, 5.41) is 12.9. The van der Waals surface area contributed by atoms with Crippen molar-refractivity contribution in [1.82, 2.24) is 4.90 Å². The first-order valence-corrected chi connectivity index (χ1v) is 8.23. The monoisotopic (exact) mass is 331 g/mol. The topological polar surface area (TPSA) is 23.5 Å². The van der Waals surface area contributed by atoms with Gasteiger partial charge in [0.15, 0.2) is 0 Å². The van der Waals surface area contributed by atoms with Gasteiger partial charge >= 0.3 is 0 Å². The lowest BCUT2D eigenvalue weighted by Crippen LogP contribution is -2.51. The molecule has 2 nitrogen and oxygen atoms in total. The maximum atomic E-state index is 10.9. The highest BCUT2D eigenvalue weighted by Crippen LogP contribution is 2.46. The minimum Gasteiger partial charge on any atom is -0.386 e. The molecule has 0 saturated heterocycles. The third kappa shape index (κ3) is 2.53. The summed E-state index contributed by atoms with van der Waals surface area (Å²) in [7, 11) is 4.20. The second-order valence-electron chi connectivity index (χ2n) is 5.72. The molecule has 1 aliphatic rings. The highest BCUT2D eigenvalue weighted by molar-refractivity contribution is 9.10. The van der Waals surface area contributed by atoms with Crippen molar-refractivity contribution >= 4 is 27.3 Å². The Hall–Kier alpha value is 0.1000. The Morgan fingerprint density at radius 1 is 1.44 bits per heavy atom. The van der Waals surface area contributed by atoms with Crippen molar-refractivity contribution in [1.29, 1.82) is 0 Å². The molecule has 1 atom stereocenters. The van der Waals surface area contributed by atoms with E-state index in [2.05, 4.69) is 41.8 Å². The summed E-state index contributed by atoms with van der Waals surface area (Å²) in [6, 6.07) is 2.03. The fraction of sp³-hybridized carbons (Fsp3) is 0.714. The van der Waals surface area contributed by atoms with Crippen molar-refractivity contribution in [3.05, 3.63) is 20.8 Å². The largest absolute Gasteiger partial charge is 0.386 e. The molecule has 1 N–H and O–H groups in total. The van der Waals surface area contributed by atoms with E-state index in [0.29, 0.717) is 0 Å². The minimum atomic E-state index is -0.394. The molecule has 0 bridgehead atoms. The van der Waals surface area contributed by atoms with Gasteiger partial charge in [-0.3, -0.25) is 0 Å². The average molecular weight is 332 g/mol. The molecule has 1 unspecified atom stereocenters. The Labute approximate surface area is 122 Å². The fourth-order valence-corrected chi connectivity index (χ4v) is 4.66. The number of aliphatic hydroxyl groups excluding tert-OH is 1. The molecule has 1 aliphatic carbocycles. The Kier molecular flexibility index (Phi) is 4.52. The lowest BCUT2D eigenvalue weighted by molar-refractivity contribution is -0.0393. The minimum absolute atomic E-state index is 0.0973. The van der Waals surface area contributed by atoms with E-state index >= 15 is 0 Å². The molecule has 1 heterocycles. The van der Waals surface area contributed by atoms with Crippen molar-refractivity contribution < 1.29 is 5.11 Å². The molecule has 0 amide bonds. The zero-order chi connectivity index (χ0) is 13.3. The summed E-state index contributed by atoms with van der Waals surface area (Å²) in [5.41, 5.74) is -0.0973. The van der Waals surface area contributed by atoms with Gasteiger partial charge in [-0.05, 0) is 73.1 Å². The summed E-state index contributed by atoms with van der Waals surface area (Å²) in [6.45, 7) is 2.31. The van der Waals surface area contributed by atoms with Gasteiger partial charge in [0, 0.05) is 9.35 Å².